The van der Waals surface area contributed by atoms with Crippen molar-refractivity contribution in [1.29, 1.82) is 0 Å². The molecule has 0 bridgehead atoms. The summed E-state index contributed by atoms with van der Waals surface area (Å²) in [5.74, 6) is 0.936. The highest BCUT2D eigenvalue weighted by Gasteiger charge is 2.20. The van der Waals surface area contributed by atoms with Gasteiger partial charge >= 0.3 is 0 Å². The fourth-order valence-corrected chi connectivity index (χ4v) is 3.08. The van der Waals surface area contributed by atoms with Gasteiger partial charge in [0.05, 0.1) is 0 Å². The molecule has 1 saturated carbocycles. The summed E-state index contributed by atoms with van der Waals surface area (Å²) < 4.78 is 1.67. The van der Waals surface area contributed by atoms with E-state index in [1.54, 1.807) is 16.4 Å². The summed E-state index contributed by atoms with van der Waals surface area (Å²) in [6.07, 6.45) is 6.83. The summed E-state index contributed by atoms with van der Waals surface area (Å²) in [6.45, 7) is 0.840. The third kappa shape index (κ3) is 3.44. The molecule has 100 valence electrons. The van der Waals surface area contributed by atoms with Crippen molar-refractivity contribution < 1.29 is 4.79 Å². The Balaban J connectivity index is 1.67. The fraction of sp³-hybridized carbons (Fsp3) is 0.818. The molecule has 1 aliphatic rings. The van der Waals surface area contributed by atoms with Crippen molar-refractivity contribution >= 4 is 18.2 Å². The summed E-state index contributed by atoms with van der Waals surface area (Å²) in [4.78, 5) is 13.0. The van der Waals surface area contributed by atoms with Gasteiger partial charge in [0.2, 0.25) is 11.6 Å². The van der Waals surface area contributed by atoms with E-state index in [-0.39, 0.29) is 0 Å². The minimum absolute atomic E-state index is 0.476. The quantitative estimate of drug-likeness (QED) is 0.421. The smallest absolute Gasteiger partial charge is 0.209 e. The number of carbonyl (C=O) groups excluding carboxylic acids is 1. The summed E-state index contributed by atoms with van der Waals surface area (Å²) in [5, 5.41) is 12.1. The first kappa shape index (κ1) is 13.3. The van der Waals surface area contributed by atoms with Crippen molar-refractivity contribution in [2.24, 2.45) is 7.05 Å². The van der Waals surface area contributed by atoms with E-state index < -0.39 is 0 Å². The molecule has 0 aliphatic heterocycles. The van der Waals surface area contributed by atoms with Gasteiger partial charge in [-0.3, -0.25) is 4.79 Å². The molecule has 1 heterocycles. The van der Waals surface area contributed by atoms with Gasteiger partial charge < -0.3 is 4.90 Å². The van der Waals surface area contributed by atoms with Crippen molar-refractivity contribution in [3.63, 3.8) is 0 Å². The highest BCUT2D eigenvalue weighted by Crippen LogP contribution is 2.23. The van der Waals surface area contributed by atoms with Gasteiger partial charge in [0.15, 0.2) is 0 Å². The lowest BCUT2D eigenvalue weighted by Gasteiger charge is -2.24. The van der Waals surface area contributed by atoms with Gasteiger partial charge in [-0.1, -0.05) is 24.6 Å². The van der Waals surface area contributed by atoms with E-state index in [0.717, 1.165) is 30.3 Å². The van der Waals surface area contributed by atoms with Crippen LogP contribution in [0.15, 0.2) is 5.16 Å². The molecule has 0 aromatic carbocycles. The lowest BCUT2D eigenvalue weighted by Crippen LogP contribution is -2.33. The van der Waals surface area contributed by atoms with Crippen LogP contribution >= 0.6 is 11.8 Å². The van der Waals surface area contributed by atoms with Gasteiger partial charge in [0.1, 0.15) is 0 Å². The second-order valence-corrected chi connectivity index (χ2v) is 5.63. The molecule has 0 N–H and O–H groups in total. The van der Waals surface area contributed by atoms with Crippen LogP contribution in [-0.4, -0.2) is 49.9 Å². The molecule has 0 saturated heterocycles. The van der Waals surface area contributed by atoms with E-state index in [2.05, 4.69) is 15.5 Å². The molecule has 0 radical (unpaired) electrons. The molecule has 18 heavy (non-hydrogen) atoms. The van der Waals surface area contributed by atoms with Crippen molar-refractivity contribution in [2.45, 2.75) is 43.3 Å². The molecule has 7 heteroatoms. The minimum Gasteiger partial charge on any atom is -0.342 e. The summed E-state index contributed by atoms with van der Waals surface area (Å²) >= 11 is 1.63. The van der Waals surface area contributed by atoms with Crippen LogP contribution in [0, 0.1) is 0 Å². The van der Waals surface area contributed by atoms with Crippen molar-refractivity contribution in [3.8, 4) is 0 Å². The Bertz CT molecular complexity index is 377. The zero-order chi connectivity index (χ0) is 12.8. The second-order valence-electron chi connectivity index (χ2n) is 4.57. The molecule has 0 atom stereocenters. The Hall–Kier alpha value is -1.11. The predicted octanol–water partition coefficient (Wildman–Crippen LogP) is 1.09. The molecule has 2 rings (SSSR count). The van der Waals surface area contributed by atoms with Crippen molar-refractivity contribution in [3.05, 3.63) is 0 Å². The SMILES string of the molecule is Cn1nnnc1SCCCN(C=O)C1CCCC1. The number of aromatic nitrogens is 4. The van der Waals surface area contributed by atoms with Crippen molar-refractivity contribution in [1.82, 2.24) is 25.1 Å². The highest BCUT2D eigenvalue weighted by atomic mass is 32.2. The summed E-state index contributed by atoms with van der Waals surface area (Å²) in [6, 6.07) is 0.476. The summed E-state index contributed by atoms with van der Waals surface area (Å²) in [5.41, 5.74) is 0. The zero-order valence-electron chi connectivity index (χ0n) is 10.7. The molecule has 1 amide bonds. The molecule has 0 unspecified atom stereocenters. The van der Waals surface area contributed by atoms with Crippen LogP contribution < -0.4 is 0 Å². The number of carbonyl (C=O) groups is 1. The van der Waals surface area contributed by atoms with Crippen LogP contribution in [0.4, 0.5) is 0 Å². The third-order valence-corrected chi connectivity index (χ3v) is 4.40. The Morgan fingerprint density at radius 3 is 2.89 bits per heavy atom. The predicted molar refractivity (Wildman–Crippen MR) is 69.2 cm³/mol. The third-order valence-electron chi connectivity index (χ3n) is 3.30. The van der Waals surface area contributed by atoms with E-state index >= 15 is 0 Å². The number of thioether (sulfide) groups is 1. The van der Waals surface area contributed by atoms with Gasteiger partial charge in [-0.05, 0) is 29.7 Å². The maximum Gasteiger partial charge on any atom is 0.209 e. The lowest BCUT2D eigenvalue weighted by atomic mass is 10.2. The molecule has 1 aromatic rings. The molecule has 0 spiro atoms. The fourth-order valence-electron chi connectivity index (χ4n) is 2.31. The Labute approximate surface area is 111 Å². The van der Waals surface area contributed by atoms with E-state index in [1.165, 1.54) is 25.7 Å². The first-order valence-corrected chi connectivity index (χ1v) is 7.36. The Morgan fingerprint density at radius 1 is 1.50 bits per heavy atom. The van der Waals surface area contributed by atoms with Gasteiger partial charge in [0.25, 0.3) is 0 Å². The van der Waals surface area contributed by atoms with Gasteiger partial charge in [-0.15, -0.1) is 5.10 Å². The number of tetrazole rings is 1. The van der Waals surface area contributed by atoms with Crippen LogP contribution in [0.25, 0.3) is 0 Å². The largest absolute Gasteiger partial charge is 0.342 e. The number of hydrogen-bond acceptors (Lipinski definition) is 5. The molecular formula is C11H19N5OS. The minimum atomic E-state index is 0.476. The maximum atomic E-state index is 11.1. The van der Waals surface area contributed by atoms with E-state index in [4.69, 9.17) is 0 Å². The molecule has 6 nitrogen and oxygen atoms in total. The zero-order valence-corrected chi connectivity index (χ0v) is 11.5. The van der Waals surface area contributed by atoms with Gasteiger partial charge in [-0.25, -0.2) is 4.68 Å². The van der Waals surface area contributed by atoms with Crippen LogP contribution in [0.2, 0.25) is 0 Å². The molecular weight excluding hydrogens is 250 g/mol. The average molecular weight is 269 g/mol. The van der Waals surface area contributed by atoms with Crippen molar-refractivity contribution in [2.75, 3.05) is 12.3 Å². The number of rotatable bonds is 7. The average Bonchev–Trinajstić information content (AvgIpc) is 3.01. The topological polar surface area (TPSA) is 63.9 Å². The second kappa shape index (κ2) is 6.72. The van der Waals surface area contributed by atoms with Crippen LogP contribution in [0.5, 0.6) is 0 Å². The number of aryl methyl sites for hydroxylation is 1. The normalized spacial score (nSPS) is 16.1. The molecule has 1 aromatic heterocycles. The van der Waals surface area contributed by atoms with Gasteiger partial charge in [0, 0.05) is 25.4 Å². The van der Waals surface area contributed by atoms with Crippen LogP contribution in [-0.2, 0) is 11.8 Å². The summed E-state index contributed by atoms with van der Waals surface area (Å²) in [7, 11) is 1.83. The van der Waals surface area contributed by atoms with E-state index in [0.29, 0.717) is 6.04 Å². The molecule has 1 aliphatic carbocycles. The number of nitrogens with zero attached hydrogens (tertiary/aromatic N) is 5. The first-order chi connectivity index (χ1) is 8.81. The number of hydrogen-bond donors (Lipinski definition) is 0. The maximum absolute atomic E-state index is 11.1. The van der Waals surface area contributed by atoms with Crippen LogP contribution in [0.1, 0.15) is 32.1 Å². The standard InChI is InChI=1S/C11H19N5OS/c1-15-11(12-13-14-15)18-8-4-7-16(9-17)10-5-2-3-6-10/h9-10H,2-8H2,1H3. The first-order valence-electron chi connectivity index (χ1n) is 6.37. The Morgan fingerprint density at radius 2 is 2.28 bits per heavy atom. The van der Waals surface area contributed by atoms with E-state index in [9.17, 15) is 4.79 Å². The molecule has 1 fully saturated rings. The number of amides is 1. The highest BCUT2D eigenvalue weighted by molar-refractivity contribution is 7.99. The van der Waals surface area contributed by atoms with Gasteiger partial charge in [-0.2, -0.15) is 0 Å². The monoisotopic (exact) mass is 269 g/mol. The van der Waals surface area contributed by atoms with Crippen LogP contribution in [0.3, 0.4) is 0 Å². The van der Waals surface area contributed by atoms with E-state index in [1.807, 2.05) is 11.9 Å². The lowest BCUT2D eigenvalue weighted by molar-refractivity contribution is -0.120. The Kier molecular flexibility index (Phi) is 4.98.